The van der Waals surface area contributed by atoms with Gasteiger partial charge in [0.1, 0.15) is 29.8 Å². The SMILES string of the molecule is CCCCN1C/C=C\CCC(=O)N(C)[C@H](C)[C@@H](c2ccccc2)OC(=O)[C@@H]2[C@H]3O[C@@]4(C=C3Br)[C@H](C1=O)N(CCCCCCO)C(=O)[C@@H]24. The molecule has 0 radical (unpaired) electrons. The summed E-state index contributed by atoms with van der Waals surface area (Å²) in [5.74, 6) is -3.08. The summed E-state index contributed by atoms with van der Waals surface area (Å²) in [4.78, 5) is 61.8. The maximum atomic E-state index is 14.6. The molecule has 4 heterocycles. The van der Waals surface area contributed by atoms with Gasteiger partial charge in [-0.1, -0.05) is 84.6 Å². The highest BCUT2D eigenvalue weighted by molar-refractivity contribution is 9.11. The van der Waals surface area contributed by atoms with Crippen molar-refractivity contribution in [3.63, 3.8) is 0 Å². The highest BCUT2D eigenvalue weighted by atomic mass is 79.9. The van der Waals surface area contributed by atoms with E-state index in [1.54, 1.807) is 21.7 Å². The zero-order valence-electron chi connectivity index (χ0n) is 27.7. The number of carbonyl (C=O) groups excluding carboxylic acids is 4. The van der Waals surface area contributed by atoms with Crippen molar-refractivity contribution >= 4 is 39.6 Å². The lowest BCUT2D eigenvalue weighted by atomic mass is 9.74. The second kappa shape index (κ2) is 15.5. The van der Waals surface area contributed by atoms with Crippen LogP contribution in [0.25, 0.3) is 0 Å². The minimum Gasteiger partial charge on any atom is -0.455 e. The molecule has 1 aromatic rings. The minimum absolute atomic E-state index is 0.0842. The average Bonchev–Trinajstić information content (AvgIpc) is 3.66. The van der Waals surface area contributed by atoms with Gasteiger partial charge in [0.25, 0.3) is 0 Å². The normalized spacial score (nSPS) is 32.1. The van der Waals surface area contributed by atoms with E-state index in [2.05, 4.69) is 22.9 Å². The predicted molar refractivity (Wildman–Crippen MR) is 180 cm³/mol. The van der Waals surface area contributed by atoms with Gasteiger partial charge in [0.15, 0.2) is 0 Å². The topological polar surface area (TPSA) is 117 Å². The zero-order valence-corrected chi connectivity index (χ0v) is 29.3. The Bertz CT molecular complexity index is 1370. The molecule has 256 valence electrons. The van der Waals surface area contributed by atoms with Crippen molar-refractivity contribution in [1.29, 1.82) is 0 Å². The maximum Gasteiger partial charge on any atom is 0.313 e. The number of amides is 3. The van der Waals surface area contributed by atoms with Gasteiger partial charge in [-0.2, -0.15) is 0 Å². The van der Waals surface area contributed by atoms with Gasteiger partial charge in [-0.15, -0.1) is 0 Å². The summed E-state index contributed by atoms with van der Waals surface area (Å²) >= 11 is 3.63. The number of nitrogens with zero attached hydrogens (tertiary/aromatic N) is 3. The van der Waals surface area contributed by atoms with Crippen LogP contribution in [0.3, 0.4) is 0 Å². The van der Waals surface area contributed by atoms with Gasteiger partial charge in [-0.05, 0) is 44.2 Å². The number of cyclic esters (lactones) is 1. The lowest BCUT2D eigenvalue weighted by Crippen LogP contribution is -2.56. The molecule has 3 amide bonds. The highest BCUT2D eigenvalue weighted by Gasteiger charge is 2.74. The monoisotopic (exact) mass is 713 g/mol. The minimum atomic E-state index is -1.32. The molecule has 7 atom stereocenters. The molecule has 2 fully saturated rings. The number of likely N-dealkylation sites (N-methyl/N-ethyl adjacent to an activating group) is 1. The Balaban J connectivity index is 1.57. The van der Waals surface area contributed by atoms with Crippen molar-refractivity contribution in [3.8, 4) is 0 Å². The lowest BCUT2D eigenvalue weighted by molar-refractivity contribution is -0.164. The smallest absolute Gasteiger partial charge is 0.313 e. The van der Waals surface area contributed by atoms with Crippen LogP contribution < -0.4 is 0 Å². The first kappa shape index (κ1) is 35.3. The Morgan fingerprint density at radius 2 is 1.70 bits per heavy atom. The number of hydrogen-bond donors (Lipinski definition) is 1. The van der Waals surface area contributed by atoms with Crippen LogP contribution in [0, 0.1) is 11.8 Å². The summed E-state index contributed by atoms with van der Waals surface area (Å²) < 4.78 is 13.6. The van der Waals surface area contributed by atoms with Gasteiger partial charge >= 0.3 is 5.97 Å². The Kier molecular flexibility index (Phi) is 11.6. The molecule has 1 aromatic carbocycles. The number of rotatable bonds is 10. The zero-order chi connectivity index (χ0) is 33.7. The largest absolute Gasteiger partial charge is 0.455 e. The van der Waals surface area contributed by atoms with Gasteiger partial charge in [0, 0.05) is 44.2 Å². The molecular weight excluding hydrogens is 666 g/mol. The van der Waals surface area contributed by atoms with Crippen molar-refractivity contribution in [1.82, 2.24) is 14.7 Å². The maximum absolute atomic E-state index is 14.6. The Morgan fingerprint density at radius 3 is 2.43 bits per heavy atom. The molecule has 11 heteroatoms. The molecular formula is C36H48BrN3O7. The fourth-order valence-corrected chi connectivity index (χ4v) is 8.23. The second-order valence-corrected chi connectivity index (χ2v) is 14.1. The molecule has 5 rings (SSSR count). The number of aliphatic hydroxyl groups is 1. The number of halogens is 1. The molecule has 1 spiro atoms. The molecule has 10 nitrogen and oxygen atoms in total. The lowest BCUT2D eigenvalue weighted by Gasteiger charge is -2.36. The average molecular weight is 715 g/mol. The summed E-state index contributed by atoms with van der Waals surface area (Å²) in [6.45, 7) is 5.22. The molecule has 1 N–H and O–H groups in total. The third-order valence-corrected chi connectivity index (χ3v) is 10.8. The fraction of sp³-hybridized carbons (Fsp3) is 0.611. The van der Waals surface area contributed by atoms with Crippen molar-refractivity contribution < 1.29 is 33.8 Å². The summed E-state index contributed by atoms with van der Waals surface area (Å²) in [5, 5.41) is 9.25. The first-order valence-electron chi connectivity index (χ1n) is 17.1. The third-order valence-electron chi connectivity index (χ3n) is 10.2. The van der Waals surface area contributed by atoms with Crippen LogP contribution in [0.1, 0.15) is 76.9 Å². The Morgan fingerprint density at radius 1 is 0.957 bits per heavy atom. The molecule has 4 aliphatic heterocycles. The first-order valence-corrected chi connectivity index (χ1v) is 17.9. The third kappa shape index (κ3) is 6.94. The molecule has 0 aromatic heterocycles. The molecule has 0 saturated carbocycles. The number of esters is 1. The van der Waals surface area contributed by atoms with Crippen molar-refractivity contribution in [3.05, 3.63) is 58.6 Å². The van der Waals surface area contributed by atoms with Crippen LogP contribution in [0.2, 0.25) is 0 Å². The van der Waals surface area contributed by atoms with E-state index in [9.17, 15) is 24.3 Å². The molecule has 5 bridgehead atoms. The number of aliphatic hydroxyl groups excluding tert-OH is 1. The molecule has 0 aliphatic carbocycles. The summed E-state index contributed by atoms with van der Waals surface area (Å²) in [6, 6.07) is 7.90. The van der Waals surface area contributed by atoms with E-state index in [0.717, 1.165) is 31.2 Å². The summed E-state index contributed by atoms with van der Waals surface area (Å²) in [7, 11) is 1.72. The van der Waals surface area contributed by atoms with Gasteiger partial charge in [-0.3, -0.25) is 19.2 Å². The van der Waals surface area contributed by atoms with Gasteiger partial charge in [0.2, 0.25) is 17.7 Å². The number of likely N-dealkylation sites (tertiary alicyclic amines) is 1. The van der Waals surface area contributed by atoms with Crippen LogP contribution in [-0.4, -0.2) is 101 Å². The fourth-order valence-electron chi connectivity index (χ4n) is 7.49. The van der Waals surface area contributed by atoms with E-state index in [1.165, 1.54) is 0 Å². The number of unbranched alkanes of at least 4 members (excludes halogenated alkanes) is 4. The van der Waals surface area contributed by atoms with Crippen molar-refractivity contribution in [2.24, 2.45) is 11.8 Å². The number of ether oxygens (including phenoxy) is 2. The first-order chi connectivity index (χ1) is 22.7. The molecule has 4 aliphatic rings. The Hall–Kier alpha value is -3.02. The van der Waals surface area contributed by atoms with E-state index in [4.69, 9.17) is 9.47 Å². The number of carbonyl (C=O) groups is 4. The van der Waals surface area contributed by atoms with Crippen LogP contribution in [-0.2, 0) is 28.7 Å². The van der Waals surface area contributed by atoms with Gasteiger partial charge in [0.05, 0.1) is 12.0 Å². The number of fused-ring (bicyclic) bond motifs is 2. The number of allylic oxidation sites excluding steroid dienone is 1. The quantitative estimate of drug-likeness (QED) is 0.215. The van der Waals surface area contributed by atoms with E-state index >= 15 is 0 Å². The Labute approximate surface area is 286 Å². The summed E-state index contributed by atoms with van der Waals surface area (Å²) in [5.41, 5.74) is -0.587. The van der Waals surface area contributed by atoms with Crippen molar-refractivity contribution in [2.75, 3.05) is 33.3 Å². The standard InChI is InChI=1S/C36H48BrN3O7/c1-4-5-19-39-20-13-9-12-18-27(42)38(3)24(2)30(25-16-10-8-11-17-25)46-35(45)28-29-33(43)40(21-14-6-7-15-22-41)32(34(39)44)36(29)23-26(37)31(28)47-36/h8-11,13,16-17,23-24,28-32,41H,4-7,12,14-15,18-22H2,1-3H3/b13-9-/t24-,28+,29-,30+,31+,32+,36-/m1/s1. The molecule has 2 saturated heterocycles. The predicted octanol–water partition coefficient (Wildman–Crippen LogP) is 4.52. The van der Waals surface area contributed by atoms with E-state index in [1.807, 2.05) is 55.5 Å². The van der Waals surface area contributed by atoms with E-state index in [0.29, 0.717) is 43.4 Å². The highest BCUT2D eigenvalue weighted by Crippen LogP contribution is 2.59. The van der Waals surface area contributed by atoms with Crippen LogP contribution in [0.4, 0.5) is 0 Å². The van der Waals surface area contributed by atoms with Crippen LogP contribution in [0.15, 0.2) is 53.0 Å². The van der Waals surface area contributed by atoms with Crippen LogP contribution >= 0.6 is 15.9 Å². The second-order valence-electron chi connectivity index (χ2n) is 13.2. The van der Waals surface area contributed by atoms with Crippen LogP contribution in [0.5, 0.6) is 0 Å². The summed E-state index contributed by atoms with van der Waals surface area (Å²) in [6.07, 6.45) is 9.52. The molecule has 0 unspecified atom stereocenters. The number of benzene rings is 1. The van der Waals surface area contributed by atoms with E-state index < -0.39 is 47.7 Å². The molecule has 47 heavy (non-hydrogen) atoms. The van der Waals surface area contributed by atoms with E-state index in [-0.39, 0.29) is 30.7 Å². The van der Waals surface area contributed by atoms with Gasteiger partial charge in [-0.25, -0.2) is 0 Å². The van der Waals surface area contributed by atoms with Gasteiger partial charge < -0.3 is 29.3 Å². The van der Waals surface area contributed by atoms with Crippen molar-refractivity contribution in [2.45, 2.75) is 95.1 Å². The number of hydrogen-bond acceptors (Lipinski definition) is 7.